The number of hydrogen-bond acceptors (Lipinski definition) is 3. The standard InChI is InChI=1S/C23H23N3O2/c27-21-15-19(24-22(26-21)17-12-7-13-17)14-20(16-8-3-1-4-9-16)25-23(28)18-10-5-2-6-11-18/h1-6,8-11,15,17,20H,7,12-14H2,(H,25,28)(H,24,26,27). The van der Waals surface area contributed by atoms with E-state index in [4.69, 9.17) is 4.98 Å². The van der Waals surface area contributed by atoms with Gasteiger partial charge < -0.3 is 10.3 Å². The van der Waals surface area contributed by atoms with E-state index in [1.54, 1.807) is 12.1 Å². The van der Waals surface area contributed by atoms with Gasteiger partial charge in [0, 0.05) is 24.0 Å². The summed E-state index contributed by atoms with van der Waals surface area (Å²) in [4.78, 5) is 32.4. The summed E-state index contributed by atoms with van der Waals surface area (Å²) in [5.41, 5.74) is 2.16. The zero-order valence-corrected chi connectivity index (χ0v) is 15.6. The molecule has 1 unspecified atom stereocenters. The number of aromatic nitrogens is 2. The van der Waals surface area contributed by atoms with E-state index in [-0.39, 0.29) is 17.5 Å². The number of H-pyrrole nitrogens is 1. The minimum absolute atomic E-state index is 0.131. The van der Waals surface area contributed by atoms with E-state index >= 15 is 0 Å². The van der Waals surface area contributed by atoms with Crippen molar-refractivity contribution in [2.24, 2.45) is 0 Å². The van der Waals surface area contributed by atoms with Crippen molar-refractivity contribution in [1.82, 2.24) is 15.3 Å². The summed E-state index contributed by atoms with van der Waals surface area (Å²) in [6.07, 6.45) is 3.78. The van der Waals surface area contributed by atoms with Crippen molar-refractivity contribution in [2.75, 3.05) is 0 Å². The van der Waals surface area contributed by atoms with Crippen LogP contribution in [-0.4, -0.2) is 15.9 Å². The first-order valence-corrected chi connectivity index (χ1v) is 9.70. The molecule has 1 aromatic heterocycles. The Morgan fingerprint density at radius 1 is 1.07 bits per heavy atom. The van der Waals surface area contributed by atoms with E-state index in [9.17, 15) is 9.59 Å². The molecule has 5 nitrogen and oxygen atoms in total. The SMILES string of the molecule is O=C(NC(Cc1cc(=O)[nH]c(C2CCC2)n1)c1ccccc1)c1ccccc1. The number of nitrogens with zero attached hydrogens (tertiary/aromatic N) is 1. The molecule has 0 radical (unpaired) electrons. The molecule has 1 atom stereocenters. The second-order valence-corrected chi connectivity index (χ2v) is 7.26. The maximum atomic E-state index is 12.7. The molecule has 4 rings (SSSR count). The van der Waals surface area contributed by atoms with E-state index in [1.165, 1.54) is 12.5 Å². The summed E-state index contributed by atoms with van der Waals surface area (Å²) < 4.78 is 0. The number of amides is 1. The van der Waals surface area contributed by atoms with E-state index < -0.39 is 0 Å². The Kier molecular flexibility index (Phi) is 5.33. The lowest BCUT2D eigenvalue weighted by Gasteiger charge is -2.25. The second kappa shape index (κ2) is 8.21. The topological polar surface area (TPSA) is 74.8 Å². The van der Waals surface area contributed by atoms with E-state index in [2.05, 4.69) is 10.3 Å². The van der Waals surface area contributed by atoms with Crippen LogP contribution in [0.4, 0.5) is 0 Å². The van der Waals surface area contributed by atoms with Crippen LogP contribution >= 0.6 is 0 Å². The minimum Gasteiger partial charge on any atom is -0.345 e. The number of carbonyl (C=O) groups excluding carboxylic acids is 1. The Labute approximate surface area is 163 Å². The molecular formula is C23H23N3O2. The van der Waals surface area contributed by atoms with Gasteiger partial charge in [-0.2, -0.15) is 0 Å². The van der Waals surface area contributed by atoms with Crippen molar-refractivity contribution < 1.29 is 4.79 Å². The molecule has 3 aromatic rings. The van der Waals surface area contributed by atoms with E-state index in [0.29, 0.717) is 23.6 Å². The number of aromatic amines is 1. The van der Waals surface area contributed by atoms with Gasteiger partial charge in [0.05, 0.1) is 11.7 Å². The molecule has 0 spiro atoms. The van der Waals surface area contributed by atoms with Gasteiger partial charge in [-0.1, -0.05) is 55.0 Å². The molecule has 1 aliphatic carbocycles. The normalized spacial score (nSPS) is 14.9. The van der Waals surface area contributed by atoms with Crippen LogP contribution in [0.2, 0.25) is 0 Å². The van der Waals surface area contributed by atoms with Crippen molar-refractivity contribution >= 4 is 5.91 Å². The first-order chi connectivity index (χ1) is 13.7. The van der Waals surface area contributed by atoms with Crippen molar-refractivity contribution in [3.8, 4) is 0 Å². The Balaban J connectivity index is 1.60. The van der Waals surface area contributed by atoms with Crippen LogP contribution in [0.25, 0.3) is 0 Å². The van der Waals surface area contributed by atoms with Crippen LogP contribution in [-0.2, 0) is 6.42 Å². The molecule has 28 heavy (non-hydrogen) atoms. The molecule has 1 aliphatic rings. The molecule has 1 saturated carbocycles. The van der Waals surface area contributed by atoms with Gasteiger partial charge in [0.15, 0.2) is 0 Å². The molecule has 5 heteroatoms. The third-order valence-corrected chi connectivity index (χ3v) is 5.26. The predicted octanol–water partition coefficient (Wildman–Crippen LogP) is 3.75. The average molecular weight is 373 g/mol. The summed E-state index contributed by atoms with van der Waals surface area (Å²) >= 11 is 0. The van der Waals surface area contributed by atoms with Crippen molar-refractivity contribution in [3.05, 3.63) is 99.7 Å². The molecule has 0 aliphatic heterocycles. The fourth-order valence-electron chi connectivity index (χ4n) is 3.49. The third-order valence-electron chi connectivity index (χ3n) is 5.26. The number of hydrogen-bond donors (Lipinski definition) is 2. The Bertz CT molecular complexity index is 995. The first kappa shape index (κ1) is 18.2. The van der Waals surface area contributed by atoms with Gasteiger partial charge in [-0.05, 0) is 30.5 Å². The molecular weight excluding hydrogens is 350 g/mol. The zero-order chi connectivity index (χ0) is 19.3. The first-order valence-electron chi connectivity index (χ1n) is 9.70. The second-order valence-electron chi connectivity index (χ2n) is 7.26. The molecule has 2 N–H and O–H groups in total. The largest absolute Gasteiger partial charge is 0.345 e. The summed E-state index contributed by atoms with van der Waals surface area (Å²) in [7, 11) is 0. The van der Waals surface area contributed by atoms with Gasteiger partial charge in [0.1, 0.15) is 5.82 Å². The summed E-state index contributed by atoms with van der Waals surface area (Å²) in [5.74, 6) is 0.982. The fraction of sp³-hybridized carbons (Fsp3) is 0.261. The molecule has 1 fully saturated rings. The summed E-state index contributed by atoms with van der Waals surface area (Å²) in [5, 5.41) is 3.10. The Morgan fingerprint density at radius 3 is 2.39 bits per heavy atom. The average Bonchev–Trinajstić information content (AvgIpc) is 2.67. The van der Waals surface area contributed by atoms with Crippen molar-refractivity contribution in [2.45, 2.75) is 37.6 Å². The van der Waals surface area contributed by atoms with Crippen molar-refractivity contribution in [1.29, 1.82) is 0 Å². The third kappa shape index (κ3) is 4.19. The Hall–Kier alpha value is -3.21. The lowest BCUT2D eigenvalue weighted by Crippen LogP contribution is -2.31. The van der Waals surface area contributed by atoms with E-state index in [1.807, 2.05) is 48.5 Å². The Morgan fingerprint density at radius 2 is 1.75 bits per heavy atom. The number of benzene rings is 2. The predicted molar refractivity (Wildman–Crippen MR) is 108 cm³/mol. The van der Waals surface area contributed by atoms with Crippen LogP contribution in [0.15, 0.2) is 71.5 Å². The number of rotatable bonds is 6. The van der Waals surface area contributed by atoms with Gasteiger partial charge in [-0.3, -0.25) is 9.59 Å². The number of carbonyl (C=O) groups is 1. The molecule has 0 saturated heterocycles. The zero-order valence-electron chi connectivity index (χ0n) is 15.6. The van der Waals surface area contributed by atoms with Crippen LogP contribution in [0.1, 0.15) is 58.7 Å². The highest BCUT2D eigenvalue weighted by Crippen LogP contribution is 2.34. The quantitative estimate of drug-likeness (QED) is 0.691. The van der Waals surface area contributed by atoms with Crippen LogP contribution in [0.3, 0.4) is 0 Å². The number of nitrogens with one attached hydrogen (secondary N) is 2. The smallest absolute Gasteiger partial charge is 0.251 e. The maximum Gasteiger partial charge on any atom is 0.251 e. The molecule has 0 bridgehead atoms. The molecule has 1 amide bonds. The van der Waals surface area contributed by atoms with Gasteiger partial charge in [0.25, 0.3) is 11.5 Å². The fourth-order valence-corrected chi connectivity index (χ4v) is 3.49. The summed E-state index contributed by atoms with van der Waals surface area (Å²) in [6.45, 7) is 0. The summed E-state index contributed by atoms with van der Waals surface area (Å²) in [6, 6.07) is 20.2. The highest BCUT2D eigenvalue weighted by molar-refractivity contribution is 5.94. The monoisotopic (exact) mass is 373 g/mol. The van der Waals surface area contributed by atoms with Crippen molar-refractivity contribution in [3.63, 3.8) is 0 Å². The minimum atomic E-state index is -0.266. The van der Waals surface area contributed by atoms with Crippen LogP contribution in [0.5, 0.6) is 0 Å². The molecule has 2 aromatic carbocycles. The molecule has 1 heterocycles. The molecule has 142 valence electrons. The highest BCUT2D eigenvalue weighted by Gasteiger charge is 2.23. The highest BCUT2D eigenvalue weighted by atomic mass is 16.1. The van der Waals surface area contributed by atoms with Crippen LogP contribution < -0.4 is 10.9 Å². The van der Waals surface area contributed by atoms with Gasteiger partial charge in [-0.15, -0.1) is 0 Å². The van der Waals surface area contributed by atoms with Crippen LogP contribution in [0, 0.1) is 0 Å². The van der Waals surface area contributed by atoms with Gasteiger partial charge >= 0.3 is 0 Å². The lowest BCUT2D eigenvalue weighted by atomic mass is 9.85. The van der Waals surface area contributed by atoms with E-state index in [0.717, 1.165) is 24.2 Å². The van der Waals surface area contributed by atoms with Gasteiger partial charge in [-0.25, -0.2) is 4.98 Å². The maximum absolute atomic E-state index is 12.7. The lowest BCUT2D eigenvalue weighted by molar-refractivity contribution is 0.0936. The van der Waals surface area contributed by atoms with Gasteiger partial charge in [0.2, 0.25) is 0 Å².